The first-order valence-electron chi connectivity index (χ1n) is 8.84. The number of fused-ring (bicyclic) bond motifs is 3. The van der Waals surface area contributed by atoms with Gasteiger partial charge in [-0.2, -0.15) is 13.2 Å². The van der Waals surface area contributed by atoms with Gasteiger partial charge in [-0.05, 0) is 18.9 Å². The molecule has 0 unspecified atom stereocenters. The number of hydrogen-bond donors (Lipinski definition) is 1. The van der Waals surface area contributed by atoms with Crippen LogP contribution in [-0.4, -0.2) is 54.1 Å². The number of pyridine rings is 1. The van der Waals surface area contributed by atoms with Crippen molar-refractivity contribution in [3.05, 3.63) is 17.8 Å². The first-order valence-corrected chi connectivity index (χ1v) is 8.84. The van der Waals surface area contributed by atoms with Crippen molar-refractivity contribution >= 4 is 24.1 Å². The second-order valence-electron chi connectivity index (χ2n) is 7.24. The van der Waals surface area contributed by atoms with Crippen molar-refractivity contribution in [1.82, 2.24) is 9.88 Å². The Morgan fingerprint density at radius 2 is 2.04 bits per heavy atom. The van der Waals surface area contributed by atoms with Crippen LogP contribution in [-0.2, 0) is 11.0 Å². The summed E-state index contributed by atoms with van der Waals surface area (Å²) in [5.41, 5.74) is 4.96. The Hall–Kier alpha value is -1.74. The molecule has 1 amide bonds. The van der Waals surface area contributed by atoms with Gasteiger partial charge in [-0.15, -0.1) is 12.4 Å². The monoisotopic (exact) mass is 406 g/mol. The highest BCUT2D eigenvalue weighted by atomic mass is 35.5. The standard InChI is InChI=1S/C17H21F3N4O2.ClH/c18-17(19,20)11-7-14-15(22-8-11)24-3-2-23(9-13(24)1-4-26-14)16(25)10-5-12(21)6-10;/h7-8,10,12-13H,1-6,9,21H2;1H/t10?,12?,13-;/m1./s1. The number of hydrogen-bond acceptors (Lipinski definition) is 5. The number of anilines is 1. The molecule has 2 aliphatic heterocycles. The van der Waals surface area contributed by atoms with E-state index in [0.717, 1.165) is 25.1 Å². The summed E-state index contributed by atoms with van der Waals surface area (Å²) in [6, 6.07) is 1.13. The number of rotatable bonds is 1. The summed E-state index contributed by atoms with van der Waals surface area (Å²) in [4.78, 5) is 20.4. The minimum atomic E-state index is -4.45. The van der Waals surface area contributed by atoms with Crippen LogP contribution in [0.25, 0.3) is 0 Å². The zero-order chi connectivity index (χ0) is 18.5. The van der Waals surface area contributed by atoms with Crippen LogP contribution >= 0.6 is 12.4 Å². The van der Waals surface area contributed by atoms with Crippen LogP contribution in [0, 0.1) is 5.92 Å². The van der Waals surface area contributed by atoms with Crippen LogP contribution in [0.1, 0.15) is 24.8 Å². The van der Waals surface area contributed by atoms with Gasteiger partial charge in [0.05, 0.1) is 18.2 Å². The van der Waals surface area contributed by atoms with Crippen molar-refractivity contribution in [1.29, 1.82) is 0 Å². The average Bonchev–Trinajstić information content (AvgIpc) is 2.75. The molecule has 3 aliphatic rings. The molecule has 1 aromatic rings. The van der Waals surface area contributed by atoms with E-state index in [1.807, 2.05) is 9.80 Å². The lowest BCUT2D eigenvalue weighted by molar-refractivity contribution is -0.139. The van der Waals surface area contributed by atoms with Gasteiger partial charge in [0.2, 0.25) is 5.91 Å². The molecule has 1 saturated heterocycles. The van der Waals surface area contributed by atoms with Gasteiger partial charge < -0.3 is 20.3 Å². The molecule has 4 rings (SSSR count). The SMILES string of the molecule is Cl.NC1CC(C(=O)N2CCN3c4ncc(C(F)(F)F)cc4OCC[C@@H]3C2)C1. The fraction of sp³-hybridized carbons (Fsp3) is 0.647. The Bertz CT molecular complexity index is 712. The van der Waals surface area contributed by atoms with Crippen LogP contribution in [0.3, 0.4) is 0 Å². The van der Waals surface area contributed by atoms with Gasteiger partial charge in [-0.3, -0.25) is 4.79 Å². The van der Waals surface area contributed by atoms with E-state index in [1.165, 1.54) is 0 Å². The van der Waals surface area contributed by atoms with Gasteiger partial charge >= 0.3 is 6.18 Å². The molecule has 10 heteroatoms. The van der Waals surface area contributed by atoms with Gasteiger partial charge in [0, 0.05) is 44.2 Å². The van der Waals surface area contributed by atoms with Crippen LogP contribution in [0.4, 0.5) is 19.0 Å². The fourth-order valence-electron chi connectivity index (χ4n) is 3.92. The summed E-state index contributed by atoms with van der Waals surface area (Å²) < 4.78 is 44.3. The summed E-state index contributed by atoms with van der Waals surface area (Å²) in [6.07, 6.45) is -1.51. The largest absolute Gasteiger partial charge is 0.490 e. The summed E-state index contributed by atoms with van der Waals surface area (Å²) in [6.45, 7) is 1.90. The zero-order valence-corrected chi connectivity index (χ0v) is 15.4. The number of aromatic nitrogens is 1. The summed E-state index contributed by atoms with van der Waals surface area (Å²) in [7, 11) is 0. The number of piperazine rings is 1. The molecular formula is C17H22ClF3N4O2. The lowest BCUT2D eigenvalue weighted by atomic mass is 9.80. The minimum Gasteiger partial charge on any atom is -0.490 e. The van der Waals surface area contributed by atoms with Crippen molar-refractivity contribution in [3.8, 4) is 5.75 Å². The Balaban J connectivity index is 0.00000210. The Morgan fingerprint density at radius 1 is 1.30 bits per heavy atom. The van der Waals surface area contributed by atoms with E-state index >= 15 is 0 Å². The Labute approximate surface area is 161 Å². The third kappa shape index (κ3) is 3.80. The molecule has 0 aromatic carbocycles. The lowest BCUT2D eigenvalue weighted by Gasteiger charge is -2.44. The number of nitrogens with two attached hydrogens (primary N) is 1. The van der Waals surface area contributed by atoms with Crippen molar-refractivity contribution in [2.24, 2.45) is 11.7 Å². The molecule has 0 radical (unpaired) electrons. The lowest BCUT2D eigenvalue weighted by Crippen LogP contribution is -2.57. The first-order chi connectivity index (χ1) is 12.3. The predicted molar refractivity (Wildman–Crippen MR) is 95.0 cm³/mol. The number of halogens is 4. The van der Waals surface area contributed by atoms with Gasteiger partial charge in [-0.1, -0.05) is 0 Å². The van der Waals surface area contributed by atoms with Gasteiger partial charge in [0.1, 0.15) is 0 Å². The van der Waals surface area contributed by atoms with Gasteiger partial charge in [0.15, 0.2) is 11.6 Å². The highest BCUT2D eigenvalue weighted by Gasteiger charge is 2.40. The highest BCUT2D eigenvalue weighted by molar-refractivity contribution is 5.85. The molecule has 0 spiro atoms. The number of amides is 1. The predicted octanol–water partition coefficient (Wildman–Crippen LogP) is 2.06. The Kier molecular flexibility index (Phi) is 5.45. The van der Waals surface area contributed by atoms with Crippen LogP contribution in [0.15, 0.2) is 12.3 Å². The van der Waals surface area contributed by atoms with Gasteiger partial charge in [-0.25, -0.2) is 4.98 Å². The second kappa shape index (κ2) is 7.35. The molecule has 27 heavy (non-hydrogen) atoms. The molecular weight excluding hydrogens is 385 g/mol. The van der Waals surface area contributed by atoms with Crippen molar-refractivity contribution in [2.45, 2.75) is 37.5 Å². The second-order valence-corrected chi connectivity index (χ2v) is 7.24. The normalized spacial score (nSPS) is 27.3. The van der Waals surface area contributed by atoms with E-state index < -0.39 is 11.7 Å². The summed E-state index contributed by atoms with van der Waals surface area (Å²) in [5, 5.41) is 0. The van der Waals surface area contributed by atoms with Gasteiger partial charge in [0.25, 0.3) is 0 Å². The Morgan fingerprint density at radius 3 is 2.70 bits per heavy atom. The number of nitrogens with zero attached hydrogens (tertiary/aromatic N) is 3. The van der Waals surface area contributed by atoms with Crippen molar-refractivity contribution < 1.29 is 22.7 Å². The number of carbonyl (C=O) groups is 1. The molecule has 0 bridgehead atoms. The fourth-order valence-corrected chi connectivity index (χ4v) is 3.92. The molecule has 150 valence electrons. The molecule has 2 fully saturated rings. The number of carbonyl (C=O) groups excluding carboxylic acids is 1. The third-order valence-electron chi connectivity index (χ3n) is 5.46. The van der Waals surface area contributed by atoms with Crippen LogP contribution in [0.2, 0.25) is 0 Å². The maximum Gasteiger partial charge on any atom is 0.418 e. The smallest absolute Gasteiger partial charge is 0.418 e. The molecule has 1 aliphatic carbocycles. The first kappa shape index (κ1) is 20.0. The van der Waals surface area contributed by atoms with E-state index in [-0.39, 0.29) is 42.1 Å². The van der Waals surface area contributed by atoms with Crippen LogP contribution < -0.4 is 15.4 Å². The number of ether oxygens (including phenoxy) is 1. The quantitative estimate of drug-likeness (QED) is 0.773. The van der Waals surface area contributed by atoms with E-state index in [1.54, 1.807) is 0 Å². The average molecular weight is 407 g/mol. The zero-order valence-electron chi connectivity index (χ0n) is 14.6. The molecule has 1 atom stereocenters. The molecule has 6 nitrogen and oxygen atoms in total. The van der Waals surface area contributed by atoms with Crippen molar-refractivity contribution in [2.75, 3.05) is 31.1 Å². The number of alkyl halides is 3. The van der Waals surface area contributed by atoms with E-state index in [4.69, 9.17) is 10.5 Å². The topological polar surface area (TPSA) is 71.7 Å². The van der Waals surface area contributed by atoms with E-state index in [0.29, 0.717) is 38.5 Å². The van der Waals surface area contributed by atoms with E-state index in [9.17, 15) is 18.0 Å². The maximum atomic E-state index is 12.9. The van der Waals surface area contributed by atoms with Crippen molar-refractivity contribution in [3.63, 3.8) is 0 Å². The molecule has 1 saturated carbocycles. The molecule has 2 N–H and O–H groups in total. The third-order valence-corrected chi connectivity index (χ3v) is 5.46. The minimum absolute atomic E-state index is 0. The molecule has 1 aromatic heterocycles. The maximum absolute atomic E-state index is 12.9. The molecule has 3 heterocycles. The summed E-state index contributed by atoms with van der Waals surface area (Å²) >= 11 is 0. The highest BCUT2D eigenvalue weighted by Crippen LogP contribution is 2.38. The van der Waals surface area contributed by atoms with Crippen LogP contribution in [0.5, 0.6) is 5.75 Å². The summed E-state index contributed by atoms with van der Waals surface area (Å²) in [5.74, 6) is 0.737. The van der Waals surface area contributed by atoms with E-state index in [2.05, 4.69) is 4.98 Å².